The van der Waals surface area contributed by atoms with Gasteiger partial charge >= 0.3 is 0 Å². The average Bonchev–Trinajstić information content (AvgIpc) is 2.82. The van der Waals surface area contributed by atoms with Gasteiger partial charge in [0.15, 0.2) is 0 Å². The second kappa shape index (κ2) is 8.22. The van der Waals surface area contributed by atoms with E-state index >= 15 is 0 Å². The molecule has 3 aromatic carbocycles. The largest absolute Gasteiger partial charge is 0.454 e. The third-order valence-corrected chi connectivity index (χ3v) is 9.35. The van der Waals surface area contributed by atoms with E-state index in [1.54, 1.807) is 12.1 Å². The van der Waals surface area contributed by atoms with Gasteiger partial charge in [0.25, 0.3) is 20.2 Å². The van der Waals surface area contributed by atoms with Crippen molar-refractivity contribution in [2.75, 3.05) is 13.1 Å². The molecule has 0 spiro atoms. The zero-order chi connectivity index (χ0) is 25.4. The van der Waals surface area contributed by atoms with Crippen LogP contribution in [-0.4, -0.2) is 39.0 Å². The molecule has 0 aliphatic carbocycles. The van der Waals surface area contributed by atoms with Crippen molar-refractivity contribution in [1.29, 1.82) is 0 Å². The van der Waals surface area contributed by atoms with Gasteiger partial charge in [-0.3, -0.25) is 9.11 Å². The summed E-state index contributed by atoms with van der Waals surface area (Å²) in [6.07, 6.45) is 3.64. The SMILES string of the molecule is O=S(=O)(O)c1ccc(C2=c3cc4c5c(c3Oc3c(Br)cccc32)CCC[N+]=5CCC4)c(S(=O)(=O)O)c1. The number of ether oxygens (including phenoxy) is 1. The van der Waals surface area contributed by atoms with E-state index in [2.05, 4.69) is 20.5 Å². The molecule has 3 aromatic rings. The Morgan fingerprint density at radius 2 is 1.61 bits per heavy atom. The van der Waals surface area contributed by atoms with E-state index in [1.807, 2.05) is 12.1 Å². The number of hydrogen-bond acceptors (Lipinski definition) is 5. The number of rotatable bonds is 3. The Morgan fingerprint density at radius 3 is 2.33 bits per heavy atom. The Kier molecular flexibility index (Phi) is 5.44. The minimum atomic E-state index is -4.87. The van der Waals surface area contributed by atoms with Crippen LogP contribution in [0.25, 0.3) is 5.57 Å². The highest BCUT2D eigenvalue weighted by Crippen LogP contribution is 2.43. The first-order valence-corrected chi connectivity index (χ1v) is 15.1. The third-order valence-electron chi connectivity index (χ3n) is 6.98. The number of para-hydroxylation sites is 1. The van der Waals surface area contributed by atoms with Gasteiger partial charge < -0.3 is 4.74 Å². The van der Waals surface area contributed by atoms with Gasteiger partial charge in [-0.15, -0.1) is 0 Å². The lowest BCUT2D eigenvalue weighted by Gasteiger charge is -2.27. The summed E-state index contributed by atoms with van der Waals surface area (Å²) in [5.41, 5.74) is 3.43. The lowest BCUT2D eigenvalue weighted by atomic mass is 9.87. The maximum atomic E-state index is 12.5. The zero-order valence-corrected chi connectivity index (χ0v) is 22.1. The summed E-state index contributed by atoms with van der Waals surface area (Å²) < 4.78 is 77.7. The fourth-order valence-electron chi connectivity index (χ4n) is 5.56. The van der Waals surface area contributed by atoms with Gasteiger partial charge in [-0.05, 0) is 53.0 Å². The van der Waals surface area contributed by atoms with Crippen LogP contribution in [0.1, 0.15) is 35.1 Å². The molecule has 2 N–H and O–H groups in total. The lowest BCUT2D eigenvalue weighted by molar-refractivity contribution is 0.435. The molecule has 0 radical (unpaired) electrons. The summed E-state index contributed by atoms with van der Waals surface area (Å²) in [5.74, 6) is 1.14. The minimum Gasteiger partial charge on any atom is -0.454 e. The molecule has 0 fully saturated rings. The van der Waals surface area contributed by atoms with E-state index in [0.717, 1.165) is 62.0 Å². The average molecular weight is 591 g/mol. The molecule has 8 nitrogen and oxygen atoms in total. The molecule has 11 heteroatoms. The molecule has 0 atom stereocenters. The highest BCUT2D eigenvalue weighted by molar-refractivity contribution is 9.10. The van der Waals surface area contributed by atoms with Crippen molar-refractivity contribution in [1.82, 2.24) is 4.58 Å². The molecule has 3 heterocycles. The first kappa shape index (κ1) is 23.8. The third kappa shape index (κ3) is 3.72. The van der Waals surface area contributed by atoms with Crippen molar-refractivity contribution in [3.63, 3.8) is 0 Å². The quantitative estimate of drug-likeness (QED) is 0.278. The molecule has 0 amide bonds. The highest BCUT2D eigenvalue weighted by Gasteiger charge is 2.33. The molecular weight excluding hydrogens is 570 g/mol. The first-order valence-electron chi connectivity index (χ1n) is 11.4. The normalized spacial score (nSPS) is 16.6. The van der Waals surface area contributed by atoms with Gasteiger partial charge in [-0.2, -0.15) is 16.8 Å². The van der Waals surface area contributed by atoms with Crippen LogP contribution in [0.4, 0.5) is 0 Å². The Hall–Kier alpha value is -2.57. The fourth-order valence-corrected chi connectivity index (χ4v) is 7.32. The van der Waals surface area contributed by atoms with Crippen molar-refractivity contribution in [2.45, 2.75) is 35.5 Å². The molecule has 3 aliphatic heterocycles. The van der Waals surface area contributed by atoms with E-state index in [4.69, 9.17) is 4.74 Å². The van der Waals surface area contributed by atoms with Gasteiger partial charge in [0.1, 0.15) is 29.5 Å². The van der Waals surface area contributed by atoms with E-state index in [1.165, 1.54) is 11.4 Å². The summed E-state index contributed by atoms with van der Waals surface area (Å²) in [6, 6.07) is 10.6. The van der Waals surface area contributed by atoms with Crippen LogP contribution < -0.4 is 19.9 Å². The summed E-state index contributed by atoms with van der Waals surface area (Å²) in [7, 11) is -9.57. The number of benzene rings is 3. The van der Waals surface area contributed by atoms with Crippen molar-refractivity contribution in [3.8, 4) is 11.5 Å². The molecule has 0 saturated carbocycles. The molecular formula is C25H21BrNO7S2+. The number of hydrogen-bond donors (Lipinski definition) is 2. The van der Waals surface area contributed by atoms with Crippen LogP contribution in [0, 0.1) is 0 Å². The number of nitrogens with zero attached hydrogens (tertiary/aromatic N) is 1. The molecule has 0 saturated heterocycles. The number of fused-ring (bicyclic) bond motifs is 3. The second-order valence-electron chi connectivity index (χ2n) is 9.14. The Morgan fingerprint density at radius 1 is 0.861 bits per heavy atom. The van der Waals surface area contributed by atoms with Crippen LogP contribution in [-0.2, 0) is 33.1 Å². The maximum Gasteiger partial charge on any atom is 0.295 e. The molecule has 0 aromatic heterocycles. The predicted molar refractivity (Wildman–Crippen MR) is 135 cm³/mol. The first-order chi connectivity index (χ1) is 17.0. The number of halogens is 1. The van der Waals surface area contributed by atoms with Gasteiger partial charge in [-0.1, -0.05) is 18.2 Å². The zero-order valence-electron chi connectivity index (χ0n) is 18.9. The van der Waals surface area contributed by atoms with E-state index in [9.17, 15) is 25.9 Å². The summed E-state index contributed by atoms with van der Waals surface area (Å²) in [4.78, 5) is -1.24. The predicted octanol–water partition coefficient (Wildman–Crippen LogP) is 2.68. The molecule has 186 valence electrons. The van der Waals surface area contributed by atoms with Gasteiger partial charge in [-0.25, -0.2) is 4.58 Å². The van der Waals surface area contributed by atoms with Crippen molar-refractivity contribution < 1.29 is 30.7 Å². The van der Waals surface area contributed by atoms with E-state index in [-0.39, 0.29) is 5.56 Å². The monoisotopic (exact) mass is 590 g/mol. The van der Waals surface area contributed by atoms with Crippen molar-refractivity contribution >= 4 is 41.7 Å². The number of aryl methyl sites for hydroxylation is 1. The summed E-state index contributed by atoms with van der Waals surface area (Å²) in [6.45, 7) is 1.94. The molecule has 3 aliphatic rings. The lowest BCUT2D eigenvalue weighted by Crippen LogP contribution is -2.45. The van der Waals surface area contributed by atoms with Crippen LogP contribution in [0.2, 0.25) is 0 Å². The van der Waals surface area contributed by atoms with Gasteiger partial charge in [0.2, 0.25) is 5.36 Å². The van der Waals surface area contributed by atoms with Gasteiger partial charge in [0, 0.05) is 40.3 Å². The molecule has 0 unspecified atom stereocenters. The smallest absolute Gasteiger partial charge is 0.295 e. The Balaban J connectivity index is 1.82. The van der Waals surface area contributed by atoms with Crippen molar-refractivity contribution in [3.05, 3.63) is 79.8 Å². The molecule has 0 bridgehead atoms. The standard InChI is InChI=1S/C25H20BrNO7S2/c26-20-7-1-5-17-22(16-9-8-15(35(28,29)30)13-21(16)36(31,32)33)19-12-14-4-2-10-27-11-3-6-18(23(14)27)24(19)34-25(17)20/h1,5,7-9,12-13H,2-4,6,10-11H2,(H-,28,29,30,31,32,33)/p+1. The maximum absolute atomic E-state index is 12.5. The van der Waals surface area contributed by atoms with Crippen LogP contribution >= 0.6 is 15.9 Å². The molecule has 6 rings (SSSR count). The molecule has 36 heavy (non-hydrogen) atoms. The van der Waals surface area contributed by atoms with E-state index < -0.39 is 30.0 Å². The van der Waals surface area contributed by atoms with Crippen LogP contribution in [0.5, 0.6) is 11.5 Å². The van der Waals surface area contributed by atoms with E-state index in [0.29, 0.717) is 32.3 Å². The minimum absolute atomic E-state index is 0.115. The summed E-state index contributed by atoms with van der Waals surface area (Å²) in [5, 5.41) is 1.86. The second-order valence-corrected chi connectivity index (χ2v) is 12.8. The summed E-state index contributed by atoms with van der Waals surface area (Å²) >= 11 is 3.55. The topological polar surface area (TPSA) is 121 Å². The van der Waals surface area contributed by atoms with Crippen LogP contribution in [0.3, 0.4) is 0 Å². The fraction of sp³-hybridized carbons (Fsp3) is 0.240. The van der Waals surface area contributed by atoms with Crippen LogP contribution in [0.15, 0.2) is 56.7 Å². The Labute approximate surface area is 216 Å². The highest BCUT2D eigenvalue weighted by atomic mass is 79.9. The van der Waals surface area contributed by atoms with Gasteiger partial charge in [0.05, 0.1) is 14.9 Å². The Bertz CT molecular complexity index is 1830. The van der Waals surface area contributed by atoms with Crippen molar-refractivity contribution in [2.24, 2.45) is 0 Å².